The molecule has 0 unspecified atom stereocenters. The zero-order valence-corrected chi connectivity index (χ0v) is 12.1. The van der Waals surface area contributed by atoms with Crippen LogP contribution in [0.15, 0.2) is 11.5 Å². The van der Waals surface area contributed by atoms with E-state index in [4.69, 9.17) is 9.29 Å². The Morgan fingerprint density at radius 2 is 1.61 bits per heavy atom. The molecule has 0 aromatic carbocycles. The lowest BCUT2D eigenvalue weighted by atomic mass is 10.1. The first-order valence-electron chi connectivity index (χ1n) is 6.78. The largest absolute Gasteiger partial charge is 0.381 e. The van der Waals surface area contributed by atoms with Gasteiger partial charge < -0.3 is 4.74 Å². The van der Waals surface area contributed by atoms with Crippen molar-refractivity contribution < 1.29 is 17.7 Å². The van der Waals surface area contributed by atoms with Gasteiger partial charge in [-0.25, -0.2) is 0 Å². The van der Waals surface area contributed by atoms with Crippen molar-refractivity contribution in [1.82, 2.24) is 0 Å². The first-order valence-corrected chi connectivity index (χ1v) is 8.28. The second-order valence-corrected chi connectivity index (χ2v) is 5.71. The van der Waals surface area contributed by atoms with Crippen molar-refractivity contribution >= 4 is 10.1 Å². The van der Waals surface area contributed by atoms with Crippen LogP contribution in [0.3, 0.4) is 0 Å². The molecule has 18 heavy (non-hydrogen) atoms. The fraction of sp³-hybridized carbons (Fsp3) is 0.846. The first kappa shape index (κ1) is 17.6. The Hall–Kier alpha value is -0.390. The summed E-state index contributed by atoms with van der Waals surface area (Å²) in [6.45, 7) is 3.64. The van der Waals surface area contributed by atoms with Crippen LogP contribution in [0.1, 0.15) is 58.3 Å². The van der Waals surface area contributed by atoms with Gasteiger partial charge in [-0.3, -0.25) is 4.55 Å². The van der Waals surface area contributed by atoms with E-state index in [2.05, 4.69) is 6.92 Å². The molecule has 0 aromatic heterocycles. The maximum atomic E-state index is 10.4. The summed E-state index contributed by atoms with van der Waals surface area (Å²) >= 11 is 0. The molecule has 4 nitrogen and oxygen atoms in total. The molecule has 0 saturated heterocycles. The summed E-state index contributed by atoms with van der Waals surface area (Å²) in [6.07, 6.45) is 10.4. The molecule has 0 atom stereocenters. The lowest BCUT2D eigenvalue weighted by molar-refractivity contribution is 0.128. The Kier molecular flexibility index (Phi) is 11.4. The predicted molar refractivity (Wildman–Crippen MR) is 74.1 cm³/mol. The molecule has 0 fully saturated rings. The summed E-state index contributed by atoms with van der Waals surface area (Å²) in [5, 5.41) is 0.820. The number of allylic oxidation sites excluding steroid dienone is 1. The van der Waals surface area contributed by atoms with Gasteiger partial charge in [-0.15, -0.1) is 0 Å². The van der Waals surface area contributed by atoms with Gasteiger partial charge in [0.05, 0.1) is 5.41 Å². The van der Waals surface area contributed by atoms with E-state index in [0.29, 0.717) is 13.0 Å². The van der Waals surface area contributed by atoms with Crippen LogP contribution in [-0.4, -0.2) is 26.2 Å². The molecule has 0 spiro atoms. The van der Waals surface area contributed by atoms with Crippen LogP contribution in [0, 0.1) is 0 Å². The average molecular weight is 278 g/mol. The molecule has 0 rings (SSSR count). The fourth-order valence-electron chi connectivity index (χ4n) is 1.58. The third kappa shape index (κ3) is 15.6. The molecule has 0 aromatic rings. The lowest BCUT2D eigenvalue weighted by Gasteiger charge is -2.03. The molecule has 5 heteroatoms. The Balaban J connectivity index is 3.15. The SMILES string of the molecule is CCCCCCCCOCCCC=CS(=O)(=O)O. The minimum atomic E-state index is -3.96. The molecule has 0 aliphatic rings. The summed E-state index contributed by atoms with van der Waals surface area (Å²) in [4.78, 5) is 0. The zero-order valence-electron chi connectivity index (χ0n) is 11.3. The topological polar surface area (TPSA) is 63.6 Å². The summed E-state index contributed by atoms with van der Waals surface area (Å²) in [6, 6.07) is 0. The van der Waals surface area contributed by atoms with E-state index in [9.17, 15) is 8.42 Å². The van der Waals surface area contributed by atoms with Gasteiger partial charge in [-0.2, -0.15) is 8.42 Å². The second kappa shape index (κ2) is 11.7. The van der Waals surface area contributed by atoms with E-state index in [1.54, 1.807) is 0 Å². The number of ether oxygens (including phenoxy) is 1. The van der Waals surface area contributed by atoms with Crippen molar-refractivity contribution in [2.45, 2.75) is 58.3 Å². The number of hydrogen-bond acceptors (Lipinski definition) is 3. The van der Waals surface area contributed by atoms with Crippen LogP contribution < -0.4 is 0 Å². The normalized spacial score (nSPS) is 12.3. The Morgan fingerprint density at radius 1 is 1.00 bits per heavy atom. The first-order chi connectivity index (χ1) is 8.56. The van der Waals surface area contributed by atoms with Crippen LogP contribution in [0.5, 0.6) is 0 Å². The summed E-state index contributed by atoms with van der Waals surface area (Å²) < 4.78 is 34.6. The molecule has 108 valence electrons. The van der Waals surface area contributed by atoms with E-state index in [1.807, 2.05) is 0 Å². The Bertz CT molecular complexity index is 296. The molecule has 0 heterocycles. The van der Waals surface area contributed by atoms with Crippen molar-refractivity contribution in [3.05, 3.63) is 11.5 Å². The minimum absolute atomic E-state index is 0.607. The van der Waals surface area contributed by atoms with Gasteiger partial charge in [0.2, 0.25) is 0 Å². The van der Waals surface area contributed by atoms with Crippen molar-refractivity contribution in [3.63, 3.8) is 0 Å². The molecular formula is C13H26O4S. The van der Waals surface area contributed by atoms with Crippen LogP contribution in [0.2, 0.25) is 0 Å². The Labute approximate surface area is 111 Å². The van der Waals surface area contributed by atoms with Crippen LogP contribution in [-0.2, 0) is 14.9 Å². The third-order valence-corrected chi connectivity index (χ3v) is 3.11. The second-order valence-electron chi connectivity index (χ2n) is 4.41. The molecule has 1 N–H and O–H groups in total. The van der Waals surface area contributed by atoms with Crippen LogP contribution in [0.4, 0.5) is 0 Å². The number of rotatable bonds is 12. The average Bonchev–Trinajstić information content (AvgIpc) is 2.29. The maximum absolute atomic E-state index is 10.4. The van der Waals surface area contributed by atoms with Crippen molar-refractivity contribution in [1.29, 1.82) is 0 Å². The summed E-state index contributed by atoms with van der Waals surface area (Å²) in [5.41, 5.74) is 0. The molecule has 0 bridgehead atoms. The monoisotopic (exact) mass is 278 g/mol. The van der Waals surface area contributed by atoms with Crippen molar-refractivity contribution in [2.24, 2.45) is 0 Å². The highest BCUT2D eigenvalue weighted by Gasteiger charge is 1.94. The van der Waals surface area contributed by atoms with E-state index in [0.717, 1.165) is 24.9 Å². The van der Waals surface area contributed by atoms with Gasteiger partial charge in [-0.05, 0) is 19.3 Å². The van der Waals surface area contributed by atoms with Gasteiger partial charge in [0, 0.05) is 13.2 Å². The number of hydrogen-bond donors (Lipinski definition) is 1. The van der Waals surface area contributed by atoms with E-state index < -0.39 is 10.1 Å². The summed E-state index contributed by atoms with van der Waals surface area (Å²) in [7, 11) is -3.96. The summed E-state index contributed by atoms with van der Waals surface area (Å²) in [5.74, 6) is 0. The highest BCUT2D eigenvalue weighted by Crippen LogP contribution is 2.05. The molecule has 0 saturated carbocycles. The van der Waals surface area contributed by atoms with Gasteiger partial charge in [0.15, 0.2) is 0 Å². The highest BCUT2D eigenvalue weighted by atomic mass is 32.2. The van der Waals surface area contributed by atoms with E-state index >= 15 is 0 Å². The third-order valence-electron chi connectivity index (χ3n) is 2.57. The fourth-order valence-corrected chi connectivity index (χ4v) is 1.96. The highest BCUT2D eigenvalue weighted by molar-refractivity contribution is 7.88. The zero-order chi connectivity index (χ0) is 13.7. The molecule has 0 aliphatic carbocycles. The van der Waals surface area contributed by atoms with Gasteiger partial charge in [0.1, 0.15) is 0 Å². The van der Waals surface area contributed by atoms with E-state index in [-0.39, 0.29) is 0 Å². The van der Waals surface area contributed by atoms with Gasteiger partial charge in [-0.1, -0.05) is 45.1 Å². The van der Waals surface area contributed by atoms with Gasteiger partial charge in [0.25, 0.3) is 10.1 Å². The van der Waals surface area contributed by atoms with E-state index in [1.165, 1.54) is 38.2 Å². The van der Waals surface area contributed by atoms with Crippen molar-refractivity contribution in [2.75, 3.05) is 13.2 Å². The Morgan fingerprint density at radius 3 is 2.28 bits per heavy atom. The molecule has 0 aliphatic heterocycles. The minimum Gasteiger partial charge on any atom is -0.381 e. The maximum Gasteiger partial charge on any atom is 0.287 e. The van der Waals surface area contributed by atoms with Crippen LogP contribution in [0.25, 0.3) is 0 Å². The molecule has 0 amide bonds. The predicted octanol–water partition coefficient (Wildman–Crippen LogP) is 3.55. The lowest BCUT2D eigenvalue weighted by Crippen LogP contribution is -1.97. The quantitative estimate of drug-likeness (QED) is 0.438. The van der Waals surface area contributed by atoms with Crippen LogP contribution >= 0.6 is 0 Å². The van der Waals surface area contributed by atoms with Crippen molar-refractivity contribution in [3.8, 4) is 0 Å². The molecule has 0 radical (unpaired) electrons. The van der Waals surface area contributed by atoms with Gasteiger partial charge >= 0.3 is 0 Å². The standard InChI is InChI=1S/C13H26O4S/c1-2-3-4-5-6-8-11-17-12-9-7-10-13-18(14,15)16/h10,13H,2-9,11-12H2,1H3,(H,14,15,16). The molecular weight excluding hydrogens is 252 g/mol. The number of unbranched alkanes of at least 4 members (excludes halogenated alkanes) is 6. The smallest absolute Gasteiger partial charge is 0.287 e.